The van der Waals surface area contributed by atoms with Gasteiger partial charge in [0.15, 0.2) is 0 Å². The van der Waals surface area contributed by atoms with Crippen molar-refractivity contribution >= 4 is 17.7 Å². The third-order valence-electron chi connectivity index (χ3n) is 5.70. The Morgan fingerprint density at radius 2 is 1.90 bits per heavy atom. The van der Waals surface area contributed by atoms with Gasteiger partial charge in [0.1, 0.15) is 17.4 Å². The molecule has 2 heterocycles. The molecule has 1 fully saturated rings. The van der Waals surface area contributed by atoms with Gasteiger partial charge in [0.05, 0.1) is 12.8 Å². The average molecular weight is 407 g/mol. The maximum absolute atomic E-state index is 13.0. The number of anilines is 1. The second-order valence-electron chi connectivity index (χ2n) is 7.60. The van der Waals surface area contributed by atoms with E-state index < -0.39 is 0 Å². The summed E-state index contributed by atoms with van der Waals surface area (Å²) in [5, 5.41) is 9.66. The molecule has 0 N–H and O–H groups in total. The Balaban J connectivity index is 1.73. The Kier molecular flexibility index (Phi) is 6.83. The summed E-state index contributed by atoms with van der Waals surface area (Å²) in [5.74, 6) is 0.634. The van der Waals surface area contributed by atoms with E-state index in [-0.39, 0.29) is 11.5 Å². The number of nitriles is 1. The fourth-order valence-electron chi connectivity index (χ4n) is 4.05. The van der Waals surface area contributed by atoms with Crippen LogP contribution in [-0.4, -0.2) is 48.7 Å². The molecule has 0 spiro atoms. The highest BCUT2D eigenvalue weighted by molar-refractivity contribution is 6.02. The third-order valence-corrected chi connectivity index (χ3v) is 5.70. The molecule has 0 radical (unpaired) electrons. The molecule has 0 bridgehead atoms. The van der Waals surface area contributed by atoms with Gasteiger partial charge in [-0.2, -0.15) is 5.26 Å². The molecular weight excluding hydrogens is 376 g/mol. The Morgan fingerprint density at radius 3 is 2.53 bits per heavy atom. The van der Waals surface area contributed by atoms with Crippen LogP contribution in [0.3, 0.4) is 0 Å². The molecule has 0 aliphatic carbocycles. The molecule has 158 valence electrons. The van der Waals surface area contributed by atoms with Crippen molar-refractivity contribution in [2.24, 2.45) is 0 Å². The van der Waals surface area contributed by atoms with Crippen molar-refractivity contribution in [3.63, 3.8) is 0 Å². The van der Waals surface area contributed by atoms with Crippen LogP contribution in [0.5, 0.6) is 5.75 Å². The number of hydrogen-bond donors (Lipinski definition) is 0. The lowest BCUT2D eigenvalue weighted by molar-refractivity contribution is -0.126. The minimum Gasteiger partial charge on any atom is -0.495 e. The van der Waals surface area contributed by atoms with Crippen LogP contribution in [0.2, 0.25) is 0 Å². The number of carbonyl (C=O) groups is 1. The van der Waals surface area contributed by atoms with Crippen LogP contribution in [0.1, 0.15) is 30.3 Å². The molecule has 0 unspecified atom stereocenters. The second-order valence-corrected chi connectivity index (χ2v) is 7.60. The number of aryl methyl sites for hydroxylation is 1. The minimum atomic E-state index is -0.197. The van der Waals surface area contributed by atoms with Gasteiger partial charge in [-0.1, -0.05) is 19.1 Å². The van der Waals surface area contributed by atoms with E-state index in [1.165, 1.54) is 0 Å². The van der Waals surface area contributed by atoms with E-state index in [0.29, 0.717) is 26.2 Å². The zero-order valence-electron chi connectivity index (χ0n) is 18.3. The first kappa shape index (κ1) is 21.5. The zero-order chi connectivity index (χ0) is 21.7. The van der Waals surface area contributed by atoms with Crippen molar-refractivity contribution in [2.45, 2.75) is 33.7 Å². The first-order chi connectivity index (χ1) is 14.5. The largest absolute Gasteiger partial charge is 0.495 e. The standard InChI is InChI=1S/C24H30N4O2/c1-5-10-28-18(2)15-20(19(28)3)16-21(17-25)24(29)27-13-11-26(12-14-27)22-8-6-7-9-23(22)30-4/h6-9,15-16H,5,10-14H2,1-4H3/b21-16+. The summed E-state index contributed by atoms with van der Waals surface area (Å²) in [4.78, 5) is 17.0. The van der Waals surface area contributed by atoms with Crippen LogP contribution < -0.4 is 9.64 Å². The smallest absolute Gasteiger partial charge is 0.264 e. The second kappa shape index (κ2) is 9.53. The van der Waals surface area contributed by atoms with Gasteiger partial charge in [-0.15, -0.1) is 0 Å². The van der Waals surface area contributed by atoms with Crippen LogP contribution in [0, 0.1) is 25.2 Å². The lowest BCUT2D eigenvalue weighted by Crippen LogP contribution is -2.49. The Bertz CT molecular complexity index is 976. The average Bonchev–Trinajstić information content (AvgIpc) is 3.04. The van der Waals surface area contributed by atoms with Crippen molar-refractivity contribution < 1.29 is 9.53 Å². The summed E-state index contributed by atoms with van der Waals surface area (Å²) in [5.41, 5.74) is 4.41. The molecule has 6 heteroatoms. The monoisotopic (exact) mass is 406 g/mol. The summed E-state index contributed by atoms with van der Waals surface area (Å²) in [7, 11) is 1.67. The summed E-state index contributed by atoms with van der Waals surface area (Å²) < 4.78 is 7.69. The number of hydrogen-bond acceptors (Lipinski definition) is 4. The van der Waals surface area contributed by atoms with Crippen molar-refractivity contribution in [1.82, 2.24) is 9.47 Å². The normalized spacial score (nSPS) is 14.6. The lowest BCUT2D eigenvalue weighted by atomic mass is 10.1. The number of aromatic nitrogens is 1. The number of methoxy groups -OCH3 is 1. The van der Waals surface area contributed by atoms with E-state index in [1.54, 1.807) is 18.1 Å². The highest BCUT2D eigenvalue weighted by atomic mass is 16.5. The Hall–Kier alpha value is -3.20. The van der Waals surface area contributed by atoms with Crippen LogP contribution in [0.4, 0.5) is 5.69 Å². The van der Waals surface area contributed by atoms with Crippen molar-refractivity contribution in [3.8, 4) is 11.8 Å². The molecule has 1 aromatic carbocycles. The zero-order valence-corrected chi connectivity index (χ0v) is 18.3. The quantitative estimate of drug-likeness (QED) is 0.541. The molecule has 30 heavy (non-hydrogen) atoms. The number of para-hydroxylation sites is 2. The van der Waals surface area contributed by atoms with Gasteiger partial charge in [0, 0.05) is 44.1 Å². The Labute approximate surface area is 179 Å². The van der Waals surface area contributed by atoms with Gasteiger partial charge < -0.3 is 19.1 Å². The van der Waals surface area contributed by atoms with Gasteiger partial charge in [-0.3, -0.25) is 4.79 Å². The molecular formula is C24H30N4O2. The number of nitrogens with zero attached hydrogens (tertiary/aromatic N) is 4. The SMILES string of the molecule is CCCn1c(C)cc(/C=C(\C#N)C(=O)N2CCN(c3ccccc3OC)CC2)c1C. The number of amides is 1. The molecule has 1 aliphatic heterocycles. The molecule has 1 aliphatic rings. The van der Waals surface area contributed by atoms with Gasteiger partial charge in [0.2, 0.25) is 0 Å². The summed E-state index contributed by atoms with van der Waals surface area (Å²) in [6.45, 7) is 9.74. The molecule has 1 saturated heterocycles. The predicted octanol–water partition coefficient (Wildman–Crippen LogP) is 3.78. The topological polar surface area (TPSA) is 61.5 Å². The highest BCUT2D eigenvalue weighted by Gasteiger charge is 2.25. The molecule has 6 nitrogen and oxygen atoms in total. The first-order valence-electron chi connectivity index (χ1n) is 10.5. The fraction of sp³-hybridized carbons (Fsp3) is 0.417. The van der Waals surface area contributed by atoms with Gasteiger partial charge >= 0.3 is 0 Å². The van der Waals surface area contributed by atoms with Crippen molar-refractivity contribution in [3.05, 3.63) is 52.9 Å². The van der Waals surface area contributed by atoms with E-state index in [4.69, 9.17) is 4.74 Å². The molecule has 0 atom stereocenters. The first-order valence-corrected chi connectivity index (χ1v) is 10.5. The number of benzene rings is 1. The minimum absolute atomic E-state index is 0.192. The molecule has 1 aromatic heterocycles. The molecule has 0 saturated carbocycles. The number of ether oxygens (including phenoxy) is 1. The van der Waals surface area contributed by atoms with E-state index in [0.717, 1.165) is 41.4 Å². The van der Waals surface area contributed by atoms with Crippen molar-refractivity contribution in [1.29, 1.82) is 5.26 Å². The maximum Gasteiger partial charge on any atom is 0.264 e. The predicted molar refractivity (Wildman–Crippen MR) is 120 cm³/mol. The summed E-state index contributed by atoms with van der Waals surface area (Å²) in [6, 6.07) is 12.1. The van der Waals surface area contributed by atoms with Gasteiger partial charge in [0.25, 0.3) is 5.91 Å². The fourth-order valence-corrected chi connectivity index (χ4v) is 4.05. The highest BCUT2D eigenvalue weighted by Crippen LogP contribution is 2.28. The Morgan fingerprint density at radius 1 is 1.20 bits per heavy atom. The van der Waals surface area contributed by atoms with Crippen LogP contribution in [0.25, 0.3) is 6.08 Å². The molecule has 2 aromatic rings. The van der Waals surface area contributed by atoms with E-state index in [9.17, 15) is 10.1 Å². The van der Waals surface area contributed by atoms with Crippen molar-refractivity contribution in [2.75, 3.05) is 38.2 Å². The summed E-state index contributed by atoms with van der Waals surface area (Å²) >= 11 is 0. The maximum atomic E-state index is 13.0. The number of rotatable bonds is 6. The van der Waals surface area contributed by atoms with Crippen LogP contribution >= 0.6 is 0 Å². The third kappa shape index (κ3) is 4.35. The molecule has 3 rings (SSSR count). The van der Waals surface area contributed by atoms with Crippen LogP contribution in [0.15, 0.2) is 35.9 Å². The van der Waals surface area contributed by atoms with E-state index >= 15 is 0 Å². The number of carbonyl (C=O) groups excluding carboxylic acids is 1. The van der Waals surface area contributed by atoms with Gasteiger partial charge in [-0.25, -0.2) is 0 Å². The van der Waals surface area contributed by atoms with Crippen LogP contribution in [-0.2, 0) is 11.3 Å². The van der Waals surface area contributed by atoms with Gasteiger partial charge in [-0.05, 0) is 50.1 Å². The number of piperazine rings is 1. The summed E-state index contributed by atoms with van der Waals surface area (Å²) in [6.07, 6.45) is 2.78. The van der Waals surface area contributed by atoms with E-state index in [2.05, 4.69) is 35.5 Å². The lowest BCUT2D eigenvalue weighted by Gasteiger charge is -2.36. The van der Waals surface area contributed by atoms with E-state index in [1.807, 2.05) is 31.2 Å². The molecule has 1 amide bonds.